The number of aryl methyl sites for hydroxylation is 2. The molecule has 1 aromatic heterocycles. The average molecular weight is 273 g/mol. The van der Waals surface area contributed by atoms with Gasteiger partial charge in [0.05, 0.1) is 4.47 Å². The molecule has 4 heteroatoms. The smallest absolute Gasteiger partial charge is 0.264 e. The lowest BCUT2D eigenvalue weighted by atomic mass is 10.3. The Balaban J connectivity index is 2.73. The first-order valence-corrected chi connectivity index (χ1v) is 5.81. The summed E-state index contributed by atoms with van der Waals surface area (Å²) in [5, 5.41) is 0. The molecule has 1 aromatic rings. The van der Waals surface area contributed by atoms with E-state index in [1.54, 1.807) is 4.57 Å². The van der Waals surface area contributed by atoms with Crippen molar-refractivity contribution in [3.63, 3.8) is 0 Å². The second kappa shape index (κ2) is 5.47. The van der Waals surface area contributed by atoms with E-state index in [-0.39, 0.29) is 5.56 Å². The molecule has 15 heavy (non-hydrogen) atoms. The molecule has 0 amide bonds. The molecule has 0 aliphatic heterocycles. The van der Waals surface area contributed by atoms with E-state index >= 15 is 0 Å². The predicted octanol–water partition coefficient (Wildman–Crippen LogP) is 1.87. The number of rotatable bonds is 4. The quantitative estimate of drug-likeness (QED) is 0.836. The van der Waals surface area contributed by atoms with Gasteiger partial charge in [0.1, 0.15) is 0 Å². The summed E-state index contributed by atoms with van der Waals surface area (Å²) in [7, 11) is 4.07. The highest BCUT2D eigenvalue weighted by atomic mass is 79.9. The standard InChI is InChI=1S/C11H17BrN2O/c1-9-7-10(12)11(15)14(8-9)6-4-5-13(2)3/h7-8H,4-6H2,1-3H3. The lowest BCUT2D eigenvalue weighted by Crippen LogP contribution is -2.23. The van der Waals surface area contributed by atoms with Gasteiger partial charge in [0.25, 0.3) is 5.56 Å². The lowest BCUT2D eigenvalue weighted by molar-refractivity contribution is 0.384. The molecule has 0 aliphatic rings. The van der Waals surface area contributed by atoms with Crippen molar-refractivity contribution >= 4 is 15.9 Å². The largest absolute Gasteiger partial charge is 0.314 e. The summed E-state index contributed by atoms with van der Waals surface area (Å²) in [6.45, 7) is 3.77. The summed E-state index contributed by atoms with van der Waals surface area (Å²) in [6.07, 6.45) is 2.89. The van der Waals surface area contributed by atoms with Crippen LogP contribution in [0, 0.1) is 6.92 Å². The highest BCUT2D eigenvalue weighted by Gasteiger charge is 2.02. The van der Waals surface area contributed by atoms with E-state index < -0.39 is 0 Å². The molecule has 0 bridgehead atoms. The van der Waals surface area contributed by atoms with Gasteiger partial charge in [-0.3, -0.25) is 4.79 Å². The third-order valence-electron chi connectivity index (χ3n) is 2.18. The van der Waals surface area contributed by atoms with Crippen LogP contribution >= 0.6 is 15.9 Å². The minimum Gasteiger partial charge on any atom is -0.314 e. The Morgan fingerprint density at radius 3 is 2.73 bits per heavy atom. The topological polar surface area (TPSA) is 25.2 Å². The first-order valence-electron chi connectivity index (χ1n) is 5.02. The predicted molar refractivity (Wildman–Crippen MR) is 66.3 cm³/mol. The van der Waals surface area contributed by atoms with E-state index in [0.717, 1.165) is 25.1 Å². The van der Waals surface area contributed by atoms with E-state index in [1.165, 1.54) is 0 Å². The Kier molecular flexibility index (Phi) is 4.54. The molecular formula is C11H17BrN2O. The number of aromatic nitrogens is 1. The highest BCUT2D eigenvalue weighted by Crippen LogP contribution is 2.06. The van der Waals surface area contributed by atoms with Gasteiger partial charge in [0.2, 0.25) is 0 Å². The van der Waals surface area contributed by atoms with E-state index in [9.17, 15) is 4.79 Å². The molecule has 84 valence electrons. The van der Waals surface area contributed by atoms with Crippen LogP contribution < -0.4 is 5.56 Å². The average Bonchev–Trinajstić information content (AvgIpc) is 2.12. The molecule has 0 N–H and O–H groups in total. The van der Waals surface area contributed by atoms with Crippen molar-refractivity contribution in [2.24, 2.45) is 0 Å². The Bertz CT molecular complexity index is 385. The Morgan fingerprint density at radius 2 is 2.13 bits per heavy atom. The number of hydrogen-bond donors (Lipinski definition) is 0. The van der Waals surface area contributed by atoms with Crippen molar-refractivity contribution in [3.8, 4) is 0 Å². The zero-order chi connectivity index (χ0) is 11.4. The maximum Gasteiger partial charge on any atom is 0.264 e. The van der Waals surface area contributed by atoms with E-state index in [4.69, 9.17) is 0 Å². The summed E-state index contributed by atoms with van der Waals surface area (Å²) >= 11 is 3.27. The Hall–Kier alpha value is -0.610. The Morgan fingerprint density at radius 1 is 1.47 bits per heavy atom. The third kappa shape index (κ3) is 3.80. The van der Waals surface area contributed by atoms with Gasteiger partial charge in [-0.05, 0) is 61.5 Å². The van der Waals surface area contributed by atoms with Gasteiger partial charge in [-0.25, -0.2) is 0 Å². The highest BCUT2D eigenvalue weighted by molar-refractivity contribution is 9.10. The van der Waals surface area contributed by atoms with Crippen LogP contribution in [0.1, 0.15) is 12.0 Å². The molecule has 0 fully saturated rings. The van der Waals surface area contributed by atoms with Gasteiger partial charge in [0, 0.05) is 12.7 Å². The van der Waals surface area contributed by atoms with Crippen LogP contribution in [0.25, 0.3) is 0 Å². The molecule has 1 rings (SSSR count). The van der Waals surface area contributed by atoms with E-state index in [0.29, 0.717) is 4.47 Å². The van der Waals surface area contributed by atoms with Crippen LogP contribution in [-0.2, 0) is 6.54 Å². The molecule has 0 aromatic carbocycles. The van der Waals surface area contributed by atoms with Crippen LogP contribution in [-0.4, -0.2) is 30.1 Å². The van der Waals surface area contributed by atoms with Crippen molar-refractivity contribution in [3.05, 3.63) is 32.7 Å². The van der Waals surface area contributed by atoms with E-state index in [2.05, 4.69) is 20.8 Å². The van der Waals surface area contributed by atoms with Gasteiger partial charge in [-0.1, -0.05) is 0 Å². The van der Waals surface area contributed by atoms with Crippen LogP contribution in [0.2, 0.25) is 0 Å². The molecule has 0 saturated carbocycles. The molecule has 0 atom stereocenters. The first-order chi connectivity index (χ1) is 7.00. The van der Waals surface area contributed by atoms with Crippen LogP contribution in [0.15, 0.2) is 21.5 Å². The molecule has 0 saturated heterocycles. The van der Waals surface area contributed by atoms with Gasteiger partial charge in [0.15, 0.2) is 0 Å². The fraction of sp³-hybridized carbons (Fsp3) is 0.545. The molecule has 0 radical (unpaired) electrons. The van der Waals surface area contributed by atoms with Crippen LogP contribution in [0.4, 0.5) is 0 Å². The lowest BCUT2D eigenvalue weighted by Gasteiger charge is -2.11. The fourth-order valence-electron chi connectivity index (χ4n) is 1.46. The normalized spacial score (nSPS) is 11.0. The number of nitrogens with zero attached hydrogens (tertiary/aromatic N) is 2. The number of pyridine rings is 1. The van der Waals surface area contributed by atoms with E-state index in [1.807, 2.05) is 33.3 Å². The summed E-state index contributed by atoms with van der Waals surface area (Å²) < 4.78 is 2.41. The number of hydrogen-bond acceptors (Lipinski definition) is 2. The molecular weight excluding hydrogens is 256 g/mol. The summed E-state index contributed by atoms with van der Waals surface area (Å²) in [5.74, 6) is 0. The van der Waals surface area contributed by atoms with Crippen molar-refractivity contribution in [2.45, 2.75) is 19.9 Å². The summed E-state index contributed by atoms with van der Waals surface area (Å²) in [5.41, 5.74) is 1.16. The molecule has 0 unspecified atom stereocenters. The monoisotopic (exact) mass is 272 g/mol. The minimum absolute atomic E-state index is 0.0550. The molecule has 1 heterocycles. The second-order valence-corrected chi connectivity index (χ2v) is 4.88. The van der Waals surface area contributed by atoms with Crippen molar-refractivity contribution in [2.75, 3.05) is 20.6 Å². The zero-order valence-corrected chi connectivity index (χ0v) is 11.0. The summed E-state index contributed by atoms with van der Waals surface area (Å²) in [4.78, 5) is 13.8. The second-order valence-electron chi connectivity index (χ2n) is 4.02. The molecule has 3 nitrogen and oxygen atoms in total. The van der Waals surface area contributed by atoms with Crippen molar-refractivity contribution < 1.29 is 0 Å². The van der Waals surface area contributed by atoms with Gasteiger partial charge in [-0.2, -0.15) is 0 Å². The zero-order valence-electron chi connectivity index (χ0n) is 9.46. The van der Waals surface area contributed by atoms with Gasteiger partial charge >= 0.3 is 0 Å². The van der Waals surface area contributed by atoms with Crippen molar-refractivity contribution in [1.82, 2.24) is 9.47 Å². The van der Waals surface area contributed by atoms with Crippen LogP contribution in [0.3, 0.4) is 0 Å². The minimum atomic E-state index is 0.0550. The van der Waals surface area contributed by atoms with Gasteiger partial charge in [-0.15, -0.1) is 0 Å². The van der Waals surface area contributed by atoms with Crippen molar-refractivity contribution in [1.29, 1.82) is 0 Å². The van der Waals surface area contributed by atoms with Crippen LogP contribution in [0.5, 0.6) is 0 Å². The molecule has 0 spiro atoms. The van der Waals surface area contributed by atoms with Gasteiger partial charge < -0.3 is 9.47 Å². The summed E-state index contributed by atoms with van der Waals surface area (Å²) in [6, 6.07) is 1.85. The first kappa shape index (κ1) is 12.5. The maximum atomic E-state index is 11.7. The number of halogens is 1. The Labute approximate surface area is 98.8 Å². The maximum absolute atomic E-state index is 11.7. The third-order valence-corrected chi connectivity index (χ3v) is 2.75. The SMILES string of the molecule is Cc1cc(Br)c(=O)n(CCCN(C)C)c1. The molecule has 0 aliphatic carbocycles. The fourth-order valence-corrected chi connectivity index (χ4v) is 2.05.